The molecule has 100 valence electrons. The first kappa shape index (κ1) is 14.6. The van der Waals surface area contributed by atoms with E-state index in [4.69, 9.17) is 11.1 Å². The van der Waals surface area contributed by atoms with E-state index in [0.717, 1.165) is 13.0 Å². The lowest BCUT2D eigenvalue weighted by Gasteiger charge is -2.28. The number of hydrogen-bond acceptors (Lipinski definition) is 2. The van der Waals surface area contributed by atoms with Gasteiger partial charge in [0.1, 0.15) is 0 Å². The standard InChI is InChI=1S/C15H25N3/c1-11-6-7-13(12(2)10-11)18(5)9-8-15(3,4)14(16)17/h6-7,10H,8-9H2,1-5H3,(H3,16,17). The zero-order valence-corrected chi connectivity index (χ0v) is 12.2. The maximum Gasteiger partial charge on any atom is 0.0963 e. The number of amidine groups is 1. The van der Waals surface area contributed by atoms with Crippen LogP contribution in [-0.4, -0.2) is 19.4 Å². The molecule has 0 aliphatic rings. The average molecular weight is 247 g/mol. The highest BCUT2D eigenvalue weighted by atomic mass is 15.1. The molecule has 0 saturated heterocycles. The summed E-state index contributed by atoms with van der Waals surface area (Å²) in [7, 11) is 2.09. The molecule has 0 saturated carbocycles. The van der Waals surface area contributed by atoms with Gasteiger partial charge in [0.25, 0.3) is 0 Å². The molecular formula is C15H25N3. The van der Waals surface area contributed by atoms with E-state index in [0.29, 0.717) is 0 Å². The molecule has 1 aromatic carbocycles. The first-order valence-electron chi connectivity index (χ1n) is 6.37. The van der Waals surface area contributed by atoms with Crippen LogP contribution >= 0.6 is 0 Å². The SMILES string of the molecule is Cc1ccc(N(C)CCC(C)(C)C(=N)N)c(C)c1. The van der Waals surface area contributed by atoms with Crippen LogP contribution in [0.25, 0.3) is 0 Å². The van der Waals surface area contributed by atoms with Gasteiger partial charge < -0.3 is 10.6 Å². The Morgan fingerprint density at radius 2 is 1.94 bits per heavy atom. The van der Waals surface area contributed by atoms with Gasteiger partial charge in [0.05, 0.1) is 5.84 Å². The Morgan fingerprint density at radius 1 is 1.33 bits per heavy atom. The minimum Gasteiger partial charge on any atom is -0.387 e. The molecule has 0 aromatic heterocycles. The van der Waals surface area contributed by atoms with E-state index in [1.807, 2.05) is 13.8 Å². The van der Waals surface area contributed by atoms with Gasteiger partial charge in [0.2, 0.25) is 0 Å². The van der Waals surface area contributed by atoms with Crippen LogP contribution in [0, 0.1) is 24.7 Å². The number of nitrogens with one attached hydrogen (secondary N) is 1. The molecule has 0 fully saturated rings. The summed E-state index contributed by atoms with van der Waals surface area (Å²) < 4.78 is 0. The van der Waals surface area contributed by atoms with Crippen molar-refractivity contribution >= 4 is 11.5 Å². The number of hydrogen-bond donors (Lipinski definition) is 2. The van der Waals surface area contributed by atoms with Crippen molar-refractivity contribution in [3.05, 3.63) is 29.3 Å². The molecule has 1 rings (SSSR count). The molecule has 0 radical (unpaired) electrons. The van der Waals surface area contributed by atoms with Crippen molar-refractivity contribution in [3.8, 4) is 0 Å². The summed E-state index contributed by atoms with van der Waals surface area (Å²) in [6, 6.07) is 6.49. The molecule has 0 bridgehead atoms. The summed E-state index contributed by atoms with van der Waals surface area (Å²) in [5, 5.41) is 7.58. The van der Waals surface area contributed by atoms with Crippen molar-refractivity contribution in [2.45, 2.75) is 34.1 Å². The van der Waals surface area contributed by atoms with Crippen LogP contribution in [0.1, 0.15) is 31.4 Å². The van der Waals surface area contributed by atoms with Crippen LogP contribution in [0.4, 0.5) is 5.69 Å². The minimum absolute atomic E-state index is 0.229. The summed E-state index contributed by atoms with van der Waals surface area (Å²) in [6.45, 7) is 9.18. The van der Waals surface area contributed by atoms with E-state index >= 15 is 0 Å². The van der Waals surface area contributed by atoms with Gasteiger partial charge in [0, 0.05) is 24.7 Å². The summed E-state index contributed by atoms with van der Waals surface area (Å²) in [4.78, 5) is 2.24. The third-order valence-corrected chi connectivity index (χ3v) is 3.56. The number of aryl methyl sites for hydroxylation is 2. The molecule has 18 heavy (non-hydrogen) atoms. The Kier molecular flexibility index (Phi) is 4.38. The molecule has 0 unspecified atom stereocenters. The molecule has 1 aromatic rings. The highest BCUT2D eigenvalue weighted by Crippen LogP contribution is 2.24. The molecule has 3 nitrogen and oxygen atoms in total. The number of anilines is 1. The van der Waals surface area contributed by atoms with Crippen LogP contribution in [0.5, 0.6) is 0 Å². The van der Waals surface area contributed by atoms with Crippen molar-refractivity contribution in [1.29, 1.82) is 5.41 Å². The lowest BCUT2D eigenvalue weighted by Crippen LogP contribution is -2.34. The largest absolute Gasteiger partial charge is 0.387 e. The molecule has 3 heteroatoms. The van der Waals surface area contributed by atoms with Gasteiger partial charge in [-0.3, -0.25) is 5.41 Å². The fourth-order valence-electron chi connectivity index (χ4n) is 1.94. The van der Waals surface area contributed by atoms with E-state index in [2.05, 4.69) is 44.0 Å². The first-order chi connectivity index (χ1) is 8.24. The summed E-state index contributed by atoms with van der Waals surface area (Å²) in [5.74, 6) is 0.261. The van der Waals surface area contributed by atoms with Gasteiger partial charge in [-0.1, -0.05) is 31.5 Å². The smallest absolute Gasteiger partial charge is 0.0963 e. The third kappa shape index (κ3) is 3.49. The molecule has 0 amide bonds. The average Bonchev–Trinajstić information content (AvgIpc) is 2.25. The quantitative estimate of drug-likeness (QED) is 0.620. The van der Waals surface area contributed by atoms with Gasteiger partial charge in [-0.25, -0.2) is 0 Å². The normalized spacial score (nSPS) is 11.4. The monoisotopic (exact) mass is 247 g/mol. The third-order valence-electron chi connectivity index (χ3n) is 3.56. The van der Waals surface area contributed by atoms with Crippen molar-refractivity contribution in [3.63, 3.8) is 0 Å². The number of benzene rings is 1. The maximum atomic E-state index is 7.58. The number of nitrogens with two attached hydrogens (primary N) is 1. The number of nitrogens with zero attached hydrogens (tertiary/aromatic N) is 1. The predicted octanol–water partition coefficient (Wildman–Crippen LogP) is 3.09. The van der Waals surface area contributed by atoms with E-state index in [1.165, 1.54) is 16.8 Å². The minimum atomic E-state index is -0.229. The van der Waals surface area contributed by atoms with E-state index in [-0.39, 0.29) is 11.3 Å². The Morgan fingerprint density at radius 3 is 2.44 bits per heavy atom. The first-order valence-corrected chi connectivity index (χ1v) is 6.37. The fourth-order valence-corrected chi connectivity index (χ4v) is 1.94. The van der Waals surface area contributed by atoms with Gasteiger partial charge in [0.15, 0.2) is 0 Å². The van der Waals surface area contributed by atoms with E-state index in [9.17, 15) is 0 Å². The maximum absolute atomic E-state index is 7.58. The van der Waals surface area contributed by atoms with Crippen LogP contribution in [-0.2, 0) is 0 Å². The Balaban J connectivity index is 2.71. The van der Waals surface area contributed by atoms with E-state index in [1.54, 1.807) is 0 Å². The van der Waals surface area contributed by atoms with Gasteiger partial charge in [-0.15, -0.1) is 0 Å². The van der Waals surface area contributed by atoms with Gasteiger partial charge >= 0.3 is 0 Å². The second-order valence-electron chi connectivity index (χ2n) is 5.76. The zero-order valence-electron chi connectivity index (χ0n) is 12.2. The summed E-state index contributed by atoms with van der Waals surface area (Å²) >= 11 is 0. The second kappa shape index (κ2) is 5.42. The lowest BCUT2D eigenvalue weighted by molar-refractivity contribution is 0.471. The van der Waals surface area contributed by atoms with Crippen LogP contribution in [0.15, 0.2) is 18.2 Å². The highest BCUT2D eigenvalue weighted by Gasteiger charge is 2.22. The summed E-state index contributed by atoms with van der Waals surface area (Å²) in [5.41, 5.74) is 9.21. The number of rotatable bonds is 5. The van der Waals surface area contributed by atoms with Crippen molar-refractivity contribution in [2.75, 3.05) is 18.5 Å². The molecule has 0 aliphatic carbocycles. The van der Waals surface area contributed by atoms with E-state index < -0.39 is 0 Å². The summed E-state index contributed by atoms with van der Waals surface area (Å²) in [6.07, 6.45) is 0.881. The van der Waals surface area contributed by atoms with Crippen molar-refractivity contribution < 1.29 is 0 Å². The Labute approximate surface area is 111 Å². The van der Waals surface area contributed by atoms with Crippen molar-refractivity contribution in [2.24, 2.45) is 11.1 Å². The molecule has 0 atom stereocenters. The fraction of sp³-hybridized carbons (Fsp3) is 0.533. The Hall–Kier alpha value is -1.51. The van der Waals surface area contributed by atoms with Crippen molar-refractivity contribution in [1.82, 2.24) is 0 Å². The van der Waals surface area contributed by atoms with Crippen LogP contribution in [0.3, 0.4) is 0 Å². The zero-order chi connectivity index (χ0) is 13.9. The van der Waals surface area contributed by atoms with Gasteiger partial charge in [-0.2, -0.15) is 0 Å². The lowest BCUT2D eigenvalue weighted by atomic mass is 9.88. The molecule has 0 aliphatic heterocycles. The molecular weight excluding hydrogens is 222 g/mol. The van der Waals surface area contributed by atoms with Crippen LogP contribution in [0.2, 0.25) is 0 Å². The molecule has 0 spiro atoms. The topological polar surface area (TPSA) is 53.1 Å². The van der Waals surface area contributed by atoms with Gasteiger partial charge in [-0.05, 0) is 31.9 Å². The van der Waals surface area contributed by atoms with Crippen LogP contribution < -0.4 is 10.6 Å². The predicted molar refractivity (Wildman–Crippen MR) is 79.5 cm³/mol. The molecule has 0 heterocycles. The molecule has 3 N–H and O–H groups in total. The highest BCUT2D eigenvalue weighted by molar-refractivity contribution is 5.82. The Bertz CT molecular complexity index is 435. The second-order valence-corrected chi connectivity index (χ2v) is 5.76.